The van der Waals surface area contributed by atoms with Crippen LogP contribution in [-0.4, -0.2) is 32.0 Å². The summed E-state index contributed by atoms with van der Waals surface area (Å²) >= 11 is 3.34. The van der Waals surface area contributed by atoms with Gasteiger partial charge >= 0.3 is 0 Å². The minimum atomic E-state index is -0.339. The van der Waals surface area contributed by atoms with Crippen LogP contribution in [0.25, 0.3) is 0 Å². The number of hydrogen-bond acceptors (Lipinski definition) is 3. The average molecular weight is 389 g/mol. The molecule has 124 valence electrons. The van der Waals surface area contributed by atoms with Crippen LogP contribution in [0.3, 0.4) is 0 Å². The van der Waals surface area contributed by atoms with E-state index in [-0.39, 0.29) is 18.4 Å². The van der Waals surface area contributed by atoms with E-state index >= 15 is 0 Å². The molecule has 1 aliphatic rings. The third kappa shape index (κ3) is 3.28. The number of nitrogens with one attached hydrogen (secondary N) is 1. The molecule has 0 bridgehead atoms. The van der Waals surface area contributed by atoms with E-state index in [0.29, 0.717) is 17.9 Å². The number of fused-ring (bicyclic) bond motifs is 1. The molecule has 0 unspecified atom stereocenters. The number of halogens is 1. The van der Waals surface area contributed by atoms with Crippen LogP contribution >= 0.6 is 15.9 Å². The lowest BCUT2D eigenvalue weighted by atomic mass is 10.2. The number of ether oxygens (including phenoxy) is 1. The standard InChI is InChI=1S/C18H17BrN2O3/c1-24-16-7-6-13(19)10-14(16)18(23)20-11-17(22)21-9-8-12-4-2-3-5-15(12)21/h2-7,10H,8-9,11H2,1H3,(H,20,23). The lowest BCUT2D eigenvalue weighted by molar-refractivity contribution is -0.117. The van der Waals surface area contributed by atoms with Gasteiger partial charge in [-0.3, -0.25) is 9.59 Å². The lowest BCUT2D eigenvalue weighted by Crippen LogP contribution is -2.39. The quantitative estimate of drug-likeness (QED) is 0.875. The van der Waals surface area contributed by atoms with Crippen molar-refractivity contribution in [1.29, 1.82) is 0 Å². The second-order valence-electron chi connectivity index (χ2n) is 5.45. The van der Waals surface area contributed by atoms with Crippen molar-refractivity contribution in [1.82, 2.24) is 5.32 Å². The highest BCUT2D eigenvalue weighted by atomic mass is 79.9. The summed E-state index contributed by atoms with van der Waals surface area (Å²) in [5.41, 5.74) is 2.48. The number of methoxy groups -OCH3 is 1. The fraction of sp³-hybridized carbons (Fsp3) is 0.222. The largest absolute Gasteiger partial charge is 0.496 e. The number of hydrogen-bond donors (Lipinski definition) is 1. The zero-order valence-electron chi connectivity index (χ0n) is 13.2. The van der Waals surface area contributed by atoms with Crippen LogP contribution in [0.5, 0.6) is 5.75 Å². The molecule has 2 aromatic rings. The van der Waals surface area contributed by atoms with Crippen molar-refractivity contribution >= 4 is 33.4 Å². The summed E-state index contributed by atoms with van der Waals surface area (Å²) in [5.74, 6) is 0.00547. The number of anilines is 1. The fourth-order valence-corrected chi connectivity index (χ4v) is 3.16. The maximum absolute atomic E-state index is 12.4. The van der Waals surface area contributed by atoms with Crippen LogP contribution < -0.4 is 15.0 Å². The molecule has 1 aliphatic heterocycles. The van der Waals surface area contributed by atoms with Gasteiger partial charge in [-0.25, -0.2) is 0 Å². The first-order chi connectivity index (χ1) is 11.6. The second kappa shape index (κ2) is 7.05. The van der Waals surface area contributed by atoms with Crippen molar-refractivity contribution in [2.75, 3.05) is 25.1 Å². The van der Waals surface area contributed by atoms with Gasteiger partial charge < -0.3 is 15.0 Å². The Hall–Kier alpha value is -2.34. The first-order valence-electron chi connectivity index (χ1n) is 7.60. The Labute approximate surface area is 148 Å². The third-order valence-electron chi connectivity index (χ3n) is 3.99. The number of benzene rings is 2. The lowest BCUT2D eigenvalue weighted by Gasteiger charge is -2.18. The molecule has 0 aliphatic carbocycles. The third-order valence-corrected chi connectivity index (χ3v) is 4.49. The maximum atomic E-state index is 12.4. The summed E-state index contributed by atoms with van der Waals surface area (Å²) in [6.07, 6.45) is 0.843. The second-order valence-corrected chi connectivity index (χ2v) is 6.37. The molecule has 0 spiro atoms. The van der Waals surface area contributed by atoms with Gasteiger partial charge in [0.25, 0.3) is 5.91 Å². The van der Waals surface area contributed by atoms with Crippen molar-refractivity contribution < 1.29 is 14.3 Å². The van der Waals surface area contributed by atoms with Gasteiger partial charge in [0.1, 0.15) is 5.75 Å². The van der Waals surface area contributed by atoms with Crippen molar-refractivity contribution in [3.8, 4) is 5.75 Å². The molecule has 3 rings (SSSR count). The Bertz CT molecular complexity index is 792. The molecular weight excluding hydrogens is 372 g/mol. The molecule has 5 nitrogen and oxygen atoms in total. The monoisotopic (exact) mass is 388 g/mol. The van der Waals surface area contributed by atoms with Crippen molar-refractivity contribution in [3.05, 3.63) is 58.1 Å². The van der Waals surface area contributed by atoms with E-state index in [2.05, 4.69) is 21.2 Å². The zero-order chi connectivity index (χ0) is 17.1. The van der Waals surface area contributed by atoms with Gasteiger partial charge in [0.15, 0.2) is 0 Å². The predicted molar refractivity (Wildman–Crippen MR) is 95.5 cm³/mol. The molecule has 0 fully saturated rings. The smallest absolute Gasteiger partial charge is 0.255 e. The average Bonchev–Trinajstić information content (AvgIpc) is 3.03. The Kier molecular flexibility index (Phi) is 4.85. The molecule has 0 radical (unpaired) electrons. The molecule has 1 heterocycles. The van der Waals surface area contributed by atoms with Gasteiger partial charge in [-0.1, -0.05) is 34.1 Å². The van der Waals surface area contributed by atoms with E-state index in [0.717, 1.165) is 22.1 Å². The minimum absolute atomic E-state index is 0.0527. The van der Waals surface area contributed by atoms with E-state index < -0.39 is 0 Å². The number of carbonyl (C=O) groups is 2. The van der Waals surface area contributed by atoms with Crippen LogP contribution in [0.15, 0.2) is 46.9 Å². The molecule has 0 saturated heterocycles. The topological polar surface area (TPSA) is 58.6 Å². The fourth-order valence-electron chi connectivity index (χ4n) is 2.80. The Balaban J connectivity index is 1.67. The summed E-state index contributed by atoms with van der Waals surface area (Å²) < 4.78 is 5.97. The molecule has 2 aromatic carbocycles. The normalized spacial score (nSPS) is 12.7. The maximum Gasteiger partial charge on any atom is 0.255 e. The molecule has 0 aromatic heterocycles. The van der Waals surface area contributed by atoms with E-state index in [9.17, 15) is 9.59 Å². The summed E-state index contributed by atoms with van der Waals surface area (Å²) in [5, 5.41) is 2.68. The Morgan fingerprint density at radius 3 is 2.83 bits per heavy atom. The summed E-state index contributed by atoms with van der Waals surface area (Å²) in [6.45, 7) is 0.594. The Morgan fingerprint density at radius 2 is 2.04 bits per heavy atom. The van der Waals surface area contributed by atoms with Gasteiger partial charge in [-0.05, 0) is 36.2 Å². The zero-order valence-corrected chi connectivity index (χ0v) is 14.8. The van der Waals surface area contributed by atoms with Gasteiger partial charge in [0.2, 0.25) is 5.91 Å². The highest BCUT2D eigenvalue weighted by molar-refractivity contribution is 9.10. The van der Waals surface area contributed by atoms with Crippen LogP contribution in [-0.2, 0) is 11.2 Å². The first-order valence-corrected chi connectivity index (χ1v) is 8.39. The van der Waals surface area contributed by atoms with Gasteiger partial charge in [-0.15, -0.1) is 0 Å². The van der Waals surface area contributed by atoms with E-state index in [1.165, 1.54) is 7.11 Å². The Morgan fingerprint density at radius 1 is 1.25 bits per heavy atom. The number of nitrogens with zero attached hydrogens (tertiary/aromatic N) is 1. The molecule has 0 saturated carbocycles. The molecule has 0 atom stereocenters. The molecule has 24 heavy (non-hydrogen) atoms. The number of para-hydroxylation sites is 1. The van der Waals surface area contributed by atoms with Crippen LogP contribution in [0.2, 0.25) is 0 Å². The number of amides is 2. The first kappa shape index (κ1) is 16.5. The molecule has 2 amide bonds. The van der Waals surface area contributed by atoms with Crippen molar-refractivity contribution in [3.63, 3.8) is 0 Å². The van der Waals surface area contributed by atoms with E-state index in [1.54, 1.807) is 23.1 Å². The van der Waals surface area contributed by atoms with Crippen LogP contribution in [0, 0.1) is 0 Å². The SMILES string of the molecule is COc1ccc(Br)cc1C(=O)NCC(=O)N1CCc2ccccc21. The summed E-state index contributed by atoms with van der Waals surface area (Å²) in [7, 11) is 1.51. The van der Waals surface area contributed by atoms with E-state index in [1.807, 2.05) is 24.3 Å². The van der Waals surface area contributed by atoms with Crippen LogP contribution in [0.1, 0.15) is 15.9 Å². The molecular formula is C18H17BrN2O3. The predicted octanol–water partition coefficient (Wildman–Crippen LogP) is 2.78. The van der Waals surface area contributed by atoms with Gasteiger partial charge in [0, 0.05) is 16.7 Å². The van der Waals surface area contributed by atoms with Crippen molar-refractivity contribution in [2.45, 2.75) is 6.42 Å². The molecule has 1 N–H and O–H groups in total. The molecule has 6 heteroatoms. The summed E-state index contributed by atoms with van der Waals surface area (Å²) in [4.78, 5) is 26.5. The highest BCUT2D eigenvalue weighted by Crippen LogP contribution is 2.27. The van der Waals surface area contributed by atoms with Crippen molar-refractivity contribution in [2.24, 2.45) is 0 Å². The highest BCUT2D eigenvalue weighted by Gasteiger charge is 2.24. The van der Waals surface area contributed by atoms with Gasteiger partial charge in [0.05, 0.1) is 19.2 Å². The van der Waals surface area contributed by atoms with Crippen LogP contribution in [0.4, 0.5) is 5.69 Å². The number of carbonyl (C=O) groups excluding carboxylic acids is 2. The van der Waals surface area contributed by atoms with Gasteiger partial charge in [-0.2, -0.15) is 0 Å². The van der Waals surface area contributed by atoms with E-state index in [4.69, 9.17) is 4.74 Å². The number of rotatable bonds is 4. The minimum Gasteiger partial charge on any atom is -0.496 e. The summed E-state index contributed by atoms with van der Waals surface area (Å²) in [6, 6.07) is 13.0.